The average molecular weight is 730 g/mol. The molecule has 4 nitrogen and oxygen atoms in total. The van der Waals surface area contributed by atoms with Crippen LogP contribution >= 0.6 is 0 Å². The summed E-state index contributed by atoms with van der Waals surface area (Å²) in [6.07, 6.45) is 0. The fourth-order valence-electron chi connectivity index (χ4n) is 8.39. The van der Waals surface area contributed by atoms with Crippen molar-refractivity contribution in [3.63, 3.8) is 0 Å². The number of rotatable bonds is 7. The minimum absolute atomic E-state index is 0.625. The molecule has 9 aromatic carbocycles. The molecular weight excluding hydrogens is 695 g/mol. The summed E-state index contributed by atoms with van der Waals surface area (Å²) in [6, 6.07) is 75.2. The topological polar surface area (TPSA) is 34.2 Å². The van der Waals surface area contributed by atoms with Crippen molar-refractivity contribution in [2.24, 2.45) is 0 Å². The number of para-hydroxylation sites is 2. The smallest absolute Gasteiger partial charge is 0.227 e. The number of benzene rings is 9. The summed E-state index contributed by atoms with van der Waals surface area (Å²) in [4.78, 5) is 7.37. The van der Waals surface area contributed by atoms with E-state index in [4.69, 9.17) is 9.40 Å². The Morgan fingerprint density at radius 1 is 0.421 bits per heavy atom. The zero-order valence-corrected chi connectivity index (χ0v) is 31.0. The Kier molecular flexibility index (Phi) is 7.78. The SMILES string of the molecule is c1ccc(-c2ccc(N(c3ccc(-c4cc5nc(-c6ccccc6)oc5c5ccccc45)cc3)c3cccc4c3c3ccccc3n4-c3ccccc3)cc2)cc1. The molecule has 0 fully saturated rings. The quantitative estimate of drug-likeness (QED) is 0.164. The van der Waals surface area contributed by atoms with E-state index in [-0.39, 0.29) is 0 Å². The van der Waals surface area contributed by atoms with E-state index in [2.05, 4.69) is 191 Å². The molecule has 0 amide bonds. The molecule has 2 heterocycles. The Balaban J connectivity index is 1.09. The van der Waals surface area contributed by atoms with E-state index in [1.807, 2.05) is 30.3 Å². The molecule has 11 aromatic rings. The Hall–Kier alpha value is -7.69. The fourth-order valence-corrected chi connectivity index (χ4v) is 8.39. The third-order valence-corrected chi connectivity index (χ3v) is 11.0. The molecule has 0 radical (unpaired) electrons. The van der Waals surface area contributed by atoms with Crippen LogP contribution < -0.4 is 4.90 Å². The summed E-state index contributed by atoms with van der Waals surface area (Å²) in [6.45, 7) is 0. The predicted octanol–water partition coefficient (Wildman–Crippen LogP) is 14.5. The zero-order chi connectivity index (χ0) is 37.7. The zero-order valence-electron chi connectivity index (χ0n) is 31.0. The van der Waals surface area contributed by atoms with Gasteiger partial charge in [0.25, 0.3) is 0 Å². The molecule has 0 saturated heterocycles. The molecule has 2 aromatic heterocycles. The number of aromatic nitrogens is 2. The van der Waals surface area contributed by atoms with Gasteiger partial charge in [-0.05, 0) is 100 Å². The Bertz CT molecular complexity index is 3200. The van der Waals surface area contributed by atoms with Crippen molar-refractivity contribution in [2.75, 3.05) is 4.90 Å². The second-order valence-corrected chi connectivity index (χ2v) is 14.4. The summed E-state index contributed by atoms with van der Waals surface area (Å²) in [5, 5.41) is 4.58. The maximum atomic E-state index is 6.42. The number of fused-ring (bicyclic) bond motifs is 6. The summed E-state index contributed by atoms with van der Waals surface area (Å²) in [5.41, 5.74) is 13.9. The maximum Gasteiger partial charge on any atom is 0.227 e. The lowest BCUT2D eigenvalue weighted by Crippen LogP contribution is -2.10. The lowest BCUT2D eigenvalue weighted by molar-refractivity contribution is 0.623. The van der Waals surface area contributed by atoms with E-state index in [1.165, 1.54) is 27.4 Å². The molecule has 0 unspecified atom stereocenters. The molecular formula is C53H35N3O. The van der Waals surface area contributed by atoms with Crippen LogP contribution in [0.25, 0.3) is 83.1 Å². The minimum Gasteiger partial charge on any atom is -0.435 e. The van der Waals surface area contributed by atoms with Crippen molar-refractivity contribution < 1.29 is 4.42 Å². The van der Waals surface area contributed by atoms with E-state index < -0.39 is 0 Å². The molecule has 11 rings (SSSR count). The largest absolute Gasteiger partial charge is 0.435 e. The van der Waals surface area contributed by atoms with Gasteiger partial charge in [0.1, 0.15) is 5.52 Å². The van der Waals surface area contributed by atoms with Gasteiger partial charge in [0.05, 0.1) is 16.7 Å². The van der Waals surface area contributed by atoms with Crippen molar-refractivity contribution >= 4 is 60.7 Å². The lowest BCUT2D eigenvalue weighted by atomic mass is 9.97. The lowest BCUT2D eigenvalue weighted by Gasteiger charge is -2.27. The van der Waals surface area contributed by atoms with Gasteiger partial charge in [0, 0.05) is 38.8 Å². The molecule has 0 bridgehead atoms. The van der Waals surface area contributed by atoms with E-state index >= 15 is 0 Å². The van der Waals surface area contributed by atoms with Crippen LogP contribution in [0.5, 0.6) is 0 Å². The molecule has 0 saturated carbocycles. The standard InChI is InChI=1S/C53H35N3O/c1-4-15-36(16-5-1)37-27-31-41(32-28-37)55(49-25-14-26-50-51(49)45-23-12-13-24-48(45)56(50)40-19-8-3-9-20-40)42-33-29-38(30-34-42)46-35-47-52(44-22-11-10-21-43(44)46)57-53(54-47)39-17-6-2-7-18-39/h1-35H. The average Bonchev–Trinajstić information content (AvgIpc) is 3.88. The highest BCUT2D eigenvalue weighted by Crippen LogP contribution is 2.45. The van der Waals surface area contributed by atoms with E-state index in [0.29, 0.717) is 5.89 Å². The van der Waals surface area contributed by atoms with Crippen molar-refractivity contribution in [3.05, 3.63) is 212 Å². The number of nitrogens with zero attached hydrogens (tertiary/aromatic N) is 3. The van der Waals surface area contributed by atoms with Gasteiger partial charge in [-0.25, -0.2) is 4.98 Å². The number of hydrogen-bond donors (Lipinski definition) is 0. The third-order valence-electron chi connectivity index (χ3n) is 11.0. The summed E-state index contributed by atoms with van der Waals surface area (Å²) in [5.74, 6) is 0.625. The molecule has 268 valence electrons. The van der Waals surface area contributed by atoms with Crippen LogP contribution in [0.4, 0.5) is 17.1 Å². The third kappa shape index (κ3) is 5.58. The van der Waals surface area contributed by atoms with Gasteiger partial charge >= 0.3 is 0 Å². The molecule has 0 aliphatic rings. The van der Waals surface area contributed by atoms with Gasteiger partial charge in [0.15, 0.2) is 5.58 Å². The van der Waals surface area contributed by atoms with Gasteiger partial charge in [-0.3, -0.25) is 0 Å². The molecule has 4 heteroatoms. The van der Waals surface area contributed by atoms with Crippen LogP contribution in [0.3, 0.4) is 0 Å². The van der Waals surface area contributed by atoms with Gasteiger partial charge < -0.3 is 13.9 Å². The van der Waals surface area contributed by atoms with Crippen molar-refractivity contribution in [3.8, 4) is 39.4 Å². The molecule has 0 spiro atoms. The first kappa shape index (κ1) is 32.7. The summed E-state index contributed by atoms with van der Waals surface area (Å²) in [7, 11) is 0. The number of anilines is 3. The van der Waals surface area contributed by atoms with E-state index in [0.717, 1.165) is 66.8 Å². The van der Waals surface area contributed by atoms with Crippen LogP contribution in [0, 0.1) is 0 Å². The predicted molar refractivity (Wildman–Crippen MR) is 237 cm³/mol. The second kappa shape index (κ2) is 13.6. The minimum atomic E-state index is 0.625. The molecule has 0 N–H and O–H groups in total. The maximum absolute atomic E-state index is 6.42. The summed E-state index contributed by atoms with van der Waals surface area (Å²) < 4.78 is 8.80. The van der Waals surface area contributed by atoms with E-state index in [1.54, 1.807) is 0 Å². The highest BCUT2D eigenvalue weighted by molar-refractivity contribution is 6.17. The van der Waals surface area contributed by atoms with Gasteiger partial charge in [-0.1, -0.05) is 140 Å². The first-order chi connectivity index (χ1) is 28.3. The highest BCUT2D eigenvalue weighted by atomic mass is 16.3. The van der Waals surface area contributed by atoms with Crippen LogP contribution in [-0.4, -0.2) is 9.55 Å². The van der Waals surface area contributed by atoms with Crippen LogP contribution in [0.2, 0.25) is 0 Å². The van der Waals surface area contributed by atoms with E-state index in [9.17, 15) is 0 Å². The molecule has 0 atom stereocenters. The molecule has 57 heavy (non-hydrogen) atoms. The Morgan fingerprint density at radius 2 is 0.965 bits per heavy atom. The highest BCUT2D eigenvalue weighted by Gasteiger charge is 2.22. The summed E-state index contributed by atoms with van der Waals surface area (Å²) >= 11 is 0. The number of oxazole rings is 1. The fraction of sp³-hybridized carbons (Fsp3) is 0. The van der Waals surface area contributed by atoms with Crippen LogP contribution in [0.1, 0.15) is 0 Å². The first-order valence-corrected chi connectivity index (χ1v) is 19.3. The molecule has 0 aliphatic carbocycles. The van der Waals surface area contributed by atoms with Gasteiger partial charge in [-0.15, -0.1) is 0 Å². The van der Waals surface area contributed by atoms with Gasteiger partial charge in [0.2, 0.25) is 5.89 Å². The van der Waals surface area contributed by atoms with Crippen LogP contribution in [-0.2, 0) is 0 Å². The first-order valence-electron chi connectivity index (χ1n) is 19.3. The van der Waals surface area contributed by atoms with Crippen LogP contribution in [0.15, 0.2) is 217 Å². The molecule has 0 aliphatic heterocycles. The van der Waals surface area contributed by atoms with Crippen molar-refractivity contribution in [1.82, 2.24) is 9.55 Å². The number of hydrogen-bond acceptors (Lipinski definition) is 3. The Morgan fingerprint density at radius 3 is 1.67 bits per heavy atom. The van der Waals surface area contributed by atoms with Crippen molar-refractivity contribution in [2.45, 2.75) is 0 Å². The second-order valence-electron chi connectivity index (χ2n) is 14.4. The van der Waals surface area contributed by atoms with Gasteiger partial charge in [-0.2, -0.15) is 0 Å². The normalized spacial score (nSPS) is 11.5. The van der Waals surface area contributed by atoms with Crippen molar-refractivity contribution in [1.29, 1.82) is 0 Å². The Labute approximate surface area is 330 Å². The monoisotopic (exact) mass is 729 g/mol.